The Hall–Kier alpha value is -0.970. The molecule has 0 spiro atoms. The number of hydrogen-bond donors (Lipinski definition) is 2. The maximum atomic E-state index is 11.4. The number of nitrogens with one attached hydrogen (secondary N) is 1. The summed E-state index contributed by atoms with van der Waals surface area (Å²) in [6, 6.07) is 7.16. The minimum absolute atomic E-state index is 0. The molecule has 0 aromatic heterocycles. The zero-order chi connectivity index (χ0) is 13.4. The van der Waals surface area contributed by atoms with Crippen LogP contribution >= 0.6 is 24.0 Å². The molecule has 0 saturated carbocycles. The average molecular weight is 307 g/mol. The minimum atomic E-state index is 0. The summed E-state index contributed by atoms with van der Waals surface area (Å²) in [6.45, 7) is 2.81. The third kappa shape index (κ3) is 8.70. The van der Waals surface area contributed by atoms with E-state index in [1.807, 2.05) is 6.92 Å². The van der Waals surface area contributed by atoms with Crippen molar-refractivity contribution in [1.29, 1.82) is 0 Å². The molecule has 19 heavy (non-hydrogen) atoms. The number of hydrogen-bond acceptors (Lipinski definition) is 3. The number of halogens is 2. The first-order valence-corrected chi connectivity index (χ1v) is 6.36. The molecule has 0 radical (unpaired) electrons. The fraction of sp³-hybridized carbons (Fsp3) is 0.462. The summed E-state index contributed by atoms with van der Waals surface area (Å²) in [4.78, 5) is 11.4. The van der Waals surface area contributed by atoms with E-state index in [1.165, 1.54) is 0 Å². The highest BCUT2D eigenvalue weighted by Gasteiger charge is 2.02. The van der Waals surface area contributed by atoms with E-state index in [0.29, 0.717) is 31.0 Å². The Morgan fingerprint density at radius 1 is 1.42 bits per heavy atom. The van der Waals surface area contributed by atoms with E-state index in [-0.39, 0.29) is 24.4 Å². The van der Waals surface area contributed by atoms with Gasteiger partial charge in [-0.1, -0.05) is 11.6 Å². The number of ether oxygens (including phenoxy) is 1. The summed E-state index contributed by atoms with van der Waals surface area (Å²) in [5, 5.41) is 3.45. The molecule has 0 bridgehead atoms. The molecule has 108 valence electrons. The Balaban J connectivity index is 0.00000324. The van der Waals surface area contributed by atoms with E-state index in [1.54, 1.807) is 24.3 Å². The molecule has 0 heterocycles. The standard InChI is InChI=1S/C13H19ClN2O2.ClH/c1-10(15)2-7-13(17)16-8-9-18-12-5-3-11(14)4-6-12;/h3-6,10H,2,7-9,15H2,1H3,(H,16,17);1H. The zero-order valence-corrected chi connectivity index (χ0v) is 12.5. The topological polar surface area (TPSA) is 64.4 Å². The fourth-order valence-corrected chi connectivity index (χ4v) is 1.46. The summed E-state index contributed by atoms with van der Waals surface area (Å²) >= 11 is 5.75. The van der Waals surface area contributed by atoms with Gasteiger partial charge in [-0.2, -0.15) is 0 Å². The monoisotopic (exact) mass is 306 g/mol. The van der Waals surface area contributed by atoms with Gasteiger partial charge in [0.15, 0.2) is 0 Å². The van der Waals surface area contributed by atoms with Crippen molar-refractivity contribution in [3.8, 4) is 5.75 Å². The molecule has 1 aromatic rings. The molecule has 1 atom stereocenters. The molecule has 1 rings (SSSR count). The van der Waals surface area contributed by atoms with Crippen LogP contribution in [0.25, 0.3) is 0 Å². The second kappa shape index (κ2) is 9.89. The highest BCUT2D eigenvalue weighted by molar-refractivity contribution is 6.30. The molecule has 0 aliphatic carbocycles. The summed E-state index contributed by atoms with van der Waals surface area (Å²) in [5.41, 5.74) is 5.57. The molecule has 0 saturated heterocycles. The third-order valence-corrected chi connectivity index (χ3v) is 2.59. The number of carbonyl (C=O) groups is 1. The highest BCUT2D eigenvalue weighted by atomic mass is 35.5. The molecule has 3 N–H and O–H groups in total. The van der Waals surface area contributed by atoms with Gasteiger partial charge in [-0.25, -0.2) is 0 Å². The molecule has 1 aromatic carbocycles. The number of rotatable bonds is 7. The van der Waals surface area contributed by atoms with Crippen molar-refractivity contribution in [3.05, 3.63) is 29.3 Å². The van der Waals surface area contributed by atoms with Crippen LogP contribution in [-0.4, -0.2) is 25.1 Å². The Morgan fingerprint density at radius 2 is 2.05 bits per heavy atom. The van der Waals surface area contributed by atoms with Crippen LogP contribution < -0.4 is 15.8 Å². The Labute approximate surface area is 125 Å². The van der Waals surface area contributed by atoms with Crippen molar-refractivity contribution in [2.45, 2.75) is 25.8 Å². The molecule has 0 aliphatic heterocycles. The molecule has 1 unspecified atom stereocenters. The van der Waals surface area contributed by atoms with Crippen molar-refractivity contribution >= 4 is 29.9 Å². The van der Waals surface area contributed by atoms with Crippen molar-refractivity contribution in [2.24, 2.45) is 5.73 Å². The van der Waals surface area contributed by atoms with Gasteiger partial charge in [0, 0.05) is 17.5 Å². The van der Waals surface area contributed by atoms with Gasteiger partial charge < -0.3 is 15.8 Å². The lowest BCUT2D eigenvalue weighted by molar-refractivity contribution is -0.121. The van der Waals surface area contributed by atoms with E-state index in [2.05, 4.69) is 5.32 Å². The lowest BCUT2D eigenvalue weighted by Gasteiger charge is -2.08. The number of amides is 1. The van der Waals surface area contributed by atoms with Crippen LogP contribution in [0, 0.1) is 0 Å². The summed E-state index contributed by atoms with van der Waals surface area (Å²) in [5.74, 6) is 0.747. The zero-order valence-electron chi connectivity index (χ0n) is 10.9. The predicted molar refractivity (Wildman–Crippen MR) is 80.1 cm³/mol. The first kappa shape index (κ1) is 18.0. The Morgan fingerprint density at radius 3 is 2.63 bits per heavy atom. The van der Waals surface area contributed by atoms with Gasteiger partial charge >= 0.3 is 0 Å². The van der Waals surface area contributed by atoms with E-state index >= 15 is 0 Å². The van der Waals surface area contributed by atoms with Gasteiger partial charge in [-0.05, 0) is 37.6 Å². The van der Waals surface area contributed by atoms with Crippen LogP contribution in [0.3, 0.4) is 0 Å². The van der Waals surface area contributed by atoms with Gasteiger partial charge in [0.25, 0.3) is 0 Å². The summed E-state index contributed by atoms with van der Waals surface area (Å²) < 4.78 is 5.44. The normalized spacial score (nSPS) is 11.3. The van der Waals surface area contributed by atoms with Crippen LogP contribution in [0.1, 0.15) is 19.8 Å². The average Bonchev–Trinajstić information content (AvgIpc) is 2.34. The smallest absolute Gasteiger partial charge is 0.220 e. The quantitative estimate of drug-likeness (QED) is 0.760. The van der Waals surface area contributed by atoms with Gasteiger partial charge in [-0.3, -0.25) is 4.79 Å². The van der Waals surface area contributed by atoms with E-state index in [0.717, 1.165) is 5.75 Å². The third-order valence-electron chi connectivity index (χ3n) is 2.33. The highest BCUT2D eigenvalue weighted by Crippen LogP contribution is 2.15. The first-order valence-electron chi connectivity index (χ1n) is 5.98. The molecule has 6 heteroatoms. The lowest BCUT2D eigenvalue weighted by Crippen LogP contribution is -2.29. The Bertz CT molecular complexity index is 369. The SMILES string of the molecule is CC(N)CCC(=O)NCCOc1ccc(Cl)cc1.Cl. The van der Waals surface area contributed by atoms with E-state index in [9.17, 15) is 4.79 Å². The predicted octanol–water partition coefficient (Wildman–Crippen LogP) is 2.38. The fourth-order valence-electron chi connectivity index (χ4n) is 1.34. The van der Waals surface area contributed by atoms with Gasteiger partial charge in [0.1, 0.15) is 12.4 Å². The maximum absolute atomic E-state index is 11.4. The van der Waals surface area contributed by atoms with Gasteiger partial charge in [0.2, 0.25) is 5.91 Å². The van der Waals surface area contributed by atoms with Crippen LogP contribution in [0.15, 0.2) is 24.3 Å². The molecule has 0 fully saturated rings. The molecule has 0 aliphatic rings. The van der Waals surface area contributed by atoms with Crippen molar-refractivity contribution < 1.29 is 9.53 Å². The van der Waals surface area contributed by atoms with Crippen LogP contribution in [0.2, 0.25) is 5.02 Å². The largest absolute Gasteiger partial charge is 0.492 e. The van der Waals surface area contributed by atoms with Gasteiger partial charge in [0.05, 0.1) is 6.54 Å². The van der Waals surface area contributed by atoms with Crippen LogP contribution in [0.4, 0.5) is 0 Å². The van der Waals surface area contributed by atoms with Crippen molar-refractivity contribution in [3.63, 3.8) is 0 Å². The maximum Gasteiger partial charge on any atom is 0.220 e. The minimum Gasteiger partial charge on any atom is -0.492 e. The summed E-state index contributed by atoms with van der Waals surface area (Å²) in [7, 11) is 0. The number of nitrogens with two attached hydrogens (primary N) is 1. The summed E-state index contributed by atoms with van der Waals surface area (Å²) in [6.07, 6.45) is 1.16. The lowest BCUT2D eigenvalue weighted by atomic mass is 10.2. The van der Waals surface area contributed by atoms with E-state index in [4.69, 9.17) is 22.1 Å². The second-order valence-electron chi connectivity index (χ2n) is 4.17. The van der Waals surface area contributed by atoms with Crippen LogP contribution in [-0.2, 0) is 4.79 Å². The number of carbonyl (C=O) groups excluding carboxylic acids is 1. The number of benzene rings is 1. The van der Waals surface area contributed by atoms with Crippen LogP contribution in [0.5, 0.6) is 5.75 Å². The Kier molecular flexibility index (Phi) is 9.39. The van der Waals surface area contributed by atoms with E-state index < -0.39 is 0 Å². The molecule has 4 nitrogen and oxygen atoms in total. The van der Waals surface area contributed by atoms with Gasteiger partial charge in [-0.15, -0.1) is 12.4 Å². The molecule has 1 amide bonds. The van der Waals surface area contributed by atoms with Crippen molar-refractivity contribution in [1.82, 2.24) is 5.32 Å². The second-order valence-corrected chi connectivity index (χ2v) is 4.60. The molecular weight excluding hydrogens is 287 g/mol. The molecular formula is C13H20Cl2N2O2. The van der Waals surface area contributed by atoms with Crippen molar-refractivity contribution in [2.75, 3.05) is 13.2 Å². The first-order chi connectivity index (χ1) is 8.58.